The minimum absolute atomic E-state index is 0.0216. The summed E-state index contributed by atoms with van der Waals surface area (Å²) in [6.45, 7) is 7.83. The first kappa shape index (κ1) is 26.8. The monoisotopic (exact) mass is 535 g/mol. The van der Waals surface area contributed by atoms with Crippen molar-refractivity contribution in [1.82, 2.24) is 19.5 Å². The molecule has 0 unspecified atom stereocenters. The van der Waals surface area contributed by atoms with E-state index >= 15 is 0 Å². The van der Waals surface area contributed by atoms with Crippen molar-refractivity contribution in [2.75, 3.05) is 30.9 Å². The number of aryl methyl sites for hydroxylation is 1. The van der Waals surface area contributed by atoms with Gasteiger partial charge < -0.3 is 16.5 Å². The van der Waals surface area contributed by atoms with Gasteiger partial charge in [-0.15, -0.1) is 0 Å². The van der Waals surface area contributed by atoms with Crippen molar-refractivity contribution < 1.29 is 9.59 Å². The summed E-state index contributed by atoms with van der Waals surface area (Å²) in [4.78, 5) is 36.9. The summed E-state index contributed by atoms with van der Waals surface area (Å²) in [5.74, 6) is 0.339. The van der Waals surface area contributed by atoms with Crippen LogP contribution in [-0.4, -0.2) is 51.5 Å². The van der Waals surface area contributed by atoms with Gasteiger partial charge in [0.25, 0.3) is 11.8 Å². The molecule has 9 nitrogen and oxygen atoms in total. The van der Waals surface area contributed by atoms with Gasteiger partial charge in [-0.05, 0) is 67.3 Å². The van der Waals surface area contributed by atoms with E-state index in [1.54, 1.807) is 48.3 Å². The van der Waals surface area contributed by atoms with Crippen LogP contribution in [0, 0.1) is 6.92 Å². The molecule has 1 fully saturated rings. The summed E-state index contributed by atoms with van der Waals surface area (Å²) in [6.07, 6.45) is 3.55. The number of nitrogens with one attached hydrogen (secondary N) is 2. The number of carbonyl (C=O) groups excluding carboxylic acids is 2. The average Bonchev–Trinajstić information content (AvgIpc) is 3.57. The third-order valence-corrected chi connectivity index (χ3v) is 7.18. The maximum absolute atomic E-state index is 12.8. The second kappa shape index (κ2) is 11.5. The normalized spacial score (nSPS) is 15.1. The maximum atomic E-state index is 12.8. The Hall–Kier alpha value is -4.76. The van der Waals surface area contributed by atoms with E-state index in [2.05, 4.69) is 39.3 Å². The summed E-state index contributed by atoms with van der Waals surface area (Å²) in [7, 11) is 1.75. The highest BCUT2D eigenvalue weighted by atomic mass is 16.2. The fourth-order valence-corrected chi connectivity index (χ4v) is 5.21. The number of imidazole rings is 1. The molecule has 2 amide bonds. The number of primary amides is 1. The lowest BCUT2D eigenvalue weighted by molar-refractivity contribution is 0.0990. The van der Waals surface area contributed by atoms with Gasteiger partial charge in [0.1, 0.15) is 17.3 Å². The Kier molecular flexibility index (Phi) is 7.75. The van der Waals surface area contributed by atoms with Crippen LogP contribution >= 0.6 is 0 Å². The molecule has 5 rings (SSSR count). The highest BCUT2D eigenvalue weighted by Gasteiger charge is 2.33. The lowest BCUT2D eigenvalue weighted by atomic mass is 10.1. The summed E-state index contributed by atoms with van der Waals surface area (Å²) in [6, 6.07) is 20.7. The van der Waals surface area contributed by atoms with E-state index in [0.717, 1.165) is 41.9 Å². The van der Waals surface area contributed by atoms with Gasteiger partial charge in [-0.3, -0.25) is 14.5 Å². The number of aromatic nitrogens is 3. The van der Waals surface area contributed by atoms with E-state index in [4.69, 9.17) is 10.7 Å². The SMILES string of the molecule is C=C(CN1CCC[C@H]1c1nc(-c2ccc(C(=O)Nc3cc(C)ccn3)cc2)c(C(N)=O)n1NC)c1ccccc1. The number of nitrogens with two attached hydrogens (primary N) is 1. The number of rotatable bonds is 9. The molecule has 0 radical (unpaired) electrons. The van der Waals surface area contributed by atoms with Gasteiger partial charge in [0.05, 0.1) is 6.04 Å². The molecular weight excluding hydrogens is 502 g/mol. The van der Waals surface area contributed by atoms with Crippen molar-refractivity contribution >= 4 is 23.2 Å². The van der Waals surface area contributed by atoms with Gasteiger partial charge in [-0.2, -0.15) is 0 Å². The molecule has 3 heterocycles. The topological polar surface area (TPSA) is 118 Å². The number of carbonyl (C=O) groups is 2. The number of benzene rings is 2. The van der Waals surface area contributed by atoms with Gasteiger partial charge in [0, 0.05) is 30.9 Å². The Morgan fingerprint density at radius 1 is 1.07 bits per heavy atom. The van der Waals surface area contributed by atoms with Crippen LogP contribution in [-0.2, 0) is 0 Å². The fourth-order valence-electron chi connectivity index (χ4n) is 5.21. The van der Waals surface area contributed by atoms with Crippen molar-refractivity contribution in [2.24, 2.45) is 5.73 Å². The number of hydrogen-bond donors (Lipinski definition) is 3. The second-order valence-corrected chi connectivity index (χ2v) is 9.94. The van der Waals surface area contributed by atoms with Crippen LogP contribution in [0.1, 0.15) is 56.7 Å². The predicted octanol–water partition coefficient (Wildman–Crippen LogP) is 4.63. The average molecular weight is 536 g/mol. The molecule has 204 valence electrons. The number of likely N-dealkylation sites (tertiary alicyclic amines) is 1. The van der Waals surface area contributed by atoms with Crippen molar-refractivity contribution in [3.63, 3.8) is 0 Å². The van der Waals surface area contributed by atoms with E-state index < -0.39 is 5.91 Å². The third-order valence-electron chi connectivity index (χ3n) is 7.18. The molecule has 2 aromatic heterocycles. The van der Waals surface area contributed by atoms with Crippen molar-refractivity contribution in [2.45, 2.75) is 25.8 Å². The van der Waals surface area contributed by atoms with Crippen molar-refractivity contribution in [3.8, 4) is 11.3 Å². The smallest absolute Gasteiger partial charge is 0.269 e. The number of anilines is 1. The summed E-state index contributed by atoms with van der Waals surface area (Å²) in [5.41, 5.74) is 14.0. The van der Waals surface area contributed by atoms with Gasteiger partial charge in [-0.25, -0.2) is 14.6 Å². The first-order chi connectivity index (χ1) is 19.4. The van der Waals surface area contributed by atoms with Gasteiger partial charge in [-0.1, -0.05) is 49.0 Å². The zero-order valence-electron chi connectivity index (χ0n) is 22.7. The van der Waals surface area contributed by atoms with Crippen LogP contribution in [0.5, 0.6) is 0 Å². The lowest BCUT2D eigenvalue weighted by Gasteiger charge is -2.25. The fraction of sp³-hybridized carbons (Fsp3) is 0.226. The standard InChI is InChI=1S/C31H33N7O2/c1-20-15-16-34-26(18-20)35-31(40)24-13-11-23(12-14-24)27-28(29(32)39)38(33-3)30(36-27)25-10-7-17-37(25)19-21(2)22-8-5-4-6-9-22/h4-6,8-9,11-16,18,25,33H,2,7,10,17,19H2,1,3H3,(H2,32,39)(H,34,35,40)/t25-/m0/s1. The van der Waals surface area contributed by atoms with Gasteiger partial charge >= 0.3 is 0 Å². The number of nitrogens with zero attached hydrogens (tertiary/aromatic N) is 4. The molecule has 1 saturated heterocycles. The lowest BCUT2D eigenvalue weighted by Crippen LogP contribution is -2.30. The van der Waals surface area contributed by atoms with Crippen LogP contribution in [0.3, 0.4) is 0 Å². The molecule has 1 atom stereocenters. The van der Waals surface area contributed by atoms with E-state index in [0.29, 0.717) is 29.2 Å². The maximum Gasteiger partial charge on any atom is 0.269 e. The van der Waals surface area contributed by atoms with Crippen molar-refractivity contribution in [3.05, 3.63) is 108 Å². The van der Waals surface area contributed by atoms with Crippen molar-refractivity contribution in [1.29, 1.82) is 0 Å². The molecule has 1 aliphatic heterocycles. The number of pyridine rings is 1. The molecule has 0 bridgehead atoms. The molecule has 0 spiro atoms. The Morgan fingerprint density at radius 3 is 2.50 bits per heavy atom. The first-order valence-electron chi connectivity index (χ1n) is 13.3. The zero-order chi connectivity index (χ0) is 28.2. The summed E-state index contributed by atoms with van der Waals surface area (Å²) < 4.78 is 1.69. The molecule has 0 saturated carbocycles. The highest BCUT2D eigenvalue weighted by molar-refractivity contribution is 6.04. The summed E-state index contributed by atoms with van der Waals surface area (Å²) in [5, 5.41) is 2.81. The minimum Gasteiger partial charge on any atom is -0.364 e. The molecule has 4 N–H and O–H groups in total. The molecule has 40 heavy (non-hydrogen) atoms. The quantitative estimate of drug-likeness (QED) is 0.288. The second-order valence-electron chi connectivity index (χ2n) is 9.94. The number of hydrogen-bond acceptors (Lipinski definition) is 6. The first-order valence-corrected chi connectivity index (χ1v) is 13.3. The van der Waals surface area contributed by atoms with Crippen LogP contribution in [0.4, 0.5) is 5.82 Å². The Labute approximate surface area is 233 Å². The molecule has 2 aromatic carbocycles. The summed E-state index contributed by atoms with van der Waals surface area (Å²) >= 11 is 0. The minimum atomic E-state index is -0.589. The van der Waals surface area contributed by atoms with E-state index in [9.17, 15) is 9.59 Å². The largest absolute Gasteiger partial charge is 0.364 e. The Morgan fingerprint density at radius 2 is 1.82 bits per heavy atom. The Balaban J connectivity index is 1.42. The molecule has 1 aliphatic rings. The van der Waals surface area contributed by atoms with E-state index in [1.807, 2.05) is 31.2 Å². The van der Waals surface area contributed by atoms with Crippen LogP contribution in [0.2, 0.25) is 0 Å². The Bertz CT molecular complexity index is 1540. The third kappa shape index (κ3) is 5.50. The molecule has 4 aromatic rings. The van der Waals surface area contributed by atoms with E-state index in [-0.39, 0.29) is 17.6 Å². The van der Waals surface area contributed by atoms with Crippen LogP contribution in [0.25, 0.3) is 16.8 Å². The molecular formula is C31H33N7O2. The van der Waals surface area contributed by atoms with Gasteiger partial charge in [0.15, 0.2) is 5.69 Å². The van der Waals surface area contributed by atoms with E-state index in [1.165, 1.54) is 0 Å². The van der Waals surface area contributed by atoms with Crippen LogP contribution in [0.15, 0.2) is 79.5 Å². The molecule has 0 aliphatic carbocycles. The number of amides is 2. The van der Waals surface area contributed by atoms with Crippen LogP contribution < -0.4 is 16.5 Å². The zero-order valence-corrected chi connectivity index (χ0v) is 22.7. The molecule has 9 heteroatoms. The van der Waals surface area contributed by atoms with Gasteiger partial charge in [0.2, 0.25) is 0 Å². The highest BCUT2D eigenvalue weighted by Crippen LogP contribution is 2.35. The predicted molar refractivity (Wildman–Crippen MR) is 157 cm³/mol.